The molecule has 0 saturated heterocycles. The maximum absolute atomic E-state index is 6.12. The lowest BCUT2D eigenvalue weighted by atomic mass is 10.0. The van der Waals surface area contributed by atoms with Crippen molar-refractivity contribution in [2.75, 3.05) is 14.2 Å². The van der Waals surface area contributed by atoms with Crippen molar-refractivity contribution in [2.45, 2.75) is 32.0 Å². The number of para-hydroxylation sites is 1. The summed E-state index contributed by atoms with van der Waals surface area (Å²) in [6, 6.07) is 8.24. The van der Waals surface area contributed by atoms with Crippen molar-refractivity contribution in [1.29, 1.82) is 0 Å². The van der Waals surface area contributed by atoms with Gasteiger partial charge in [0, 0.05) is 13.0 Å². The summed E-state index contributed by atoms with van der Waals surface area (Å²) in [4.78, 5) is 0. The van der Waals surface area contributed by atoms with Gasteiger partial charge in [0.15, 0.2) is 5.75 Å². The molecule has 0 spiro atoms. The molecule has 0 amide bonds. The summed E-state index contributed by atoms with van der Waals surface area (Å²) < 4.78 is 13.6. The van der Waals surface area contributed by atoms with Gasteiger partial charge < -0.3 is 14.8 Å². The fraction of sp³-hybridized carbons (Fsp3) is 0.438. The number of likely N-dealkylation sites (N-methyl/N-ethyl adjacent to an activating group) is 1. The first kappa shape index (κ1) is 13.9. The summed E-state index contributed by atoms with van der Waals surface area (Å²) in [5.41, 5.74) is 2.30. The normalized spacial score (nSPS) is 18.1. The molecule has 112 valence electrons. The first-order chi connectivity index (χ1) is 10.3. The third-order valence-corrected chi connectivity index (χ3v) is 4.01. The maximum atomic E-state index is 6.12. The summed E-state index contributed by atoms with van der Waals surface area (Å²) in [7, 11) is 3.63. The number of hydrogen-bond acceptors (Lipinski definition) is 4. The average Bonchev–Trinajstić information content (AvgIpc) is 3.11. The van der Waals surface area contributed by atoms with E-state index in [0.717, 1.165) is 30.2 Å². The second-order valence-electron chi connectivity index (χ2n) is 5.15. The Kier molecular flexibility index (Phi) is 3.84. The number of aryl methyl sites for hydroxylation is 1. The highest BCUT2D eigenvalue weighted by Gasteiger charge is 2.34. The number of benzene rings is 1. The van der Waals surface area contributed by atoms with E-state index in [4.69, 9.17) is 9.47 Å². The summed E-state index contributed by atoms with van der Waals surface area (Å²) >= 11 is 0. The Labute approximate surface area is 124 Å². The van der Waals surface area contributed by atoms with Crippen LogP contribution in [0.3, 0.4) is 0 Å². The number of fused-ring (bicyclic) bond motifs is 1. The van der Waals surface area contributed by atoms with Crippen LogP contribution >= 0.6 is 0 Å². The van der Waals surface area contributed by atoms with Gasteiger partial charge in [-0.25, -0.2) is 0 Å². The lowest BCUT2D eigenvalue weighted by Gasteiger charge is -2.24. The Hall–Kier alpha value is -2.01. The fourth-order valence-electron chi connectivity index (χ4n) is 2.99. The van der Waals surface area contributed by atoms with Gasteiger partial charge in [-0.1, -0.05) is 18.2 Å². The molecule has 5 heteroatoms. The molecule has 0 fully saturated rings. The van der Waals surface area contributed by atoms with Crippen molar-refractivity contribution < 1.29 is 9.47 Å². The molecule has 0 saturated carbocycles. The van der Waals surface area contributed by atoms with E-state index < -0.39 is 0 Å². The van der Waals surface area contributed by atoms with Crippen molar-refractivity contribution in [3.63, 3.8) is 0 Å². The summed E-state index contributed by atoms with van der Waals surface area (Å²) in [5, 5.41) is 7.76. The van der Waals surface area contributed by atoms with Gasteiger partial charge in [0.1, 0.15) is 17.5 Å². The number of ether oxygens (including phenoxy) is 2. The molecule has 0 radical (unpaired) electrons. The molecule has 1 aromatic heterocycles. The average molecular weight is 287 g/mol. The lowest BCUT2D eigenvalue weighted by Crippen LogP contribution is -2.34. The Morgan fingerprint density at radius 2 is 2.29 bits per heavy atom. The Balaban J connectivity index is 1.92. The van der Waals surface area contributed by atoms with E-state index in [9.17, 15) is 0 Å². The monoisotopic (exact) mass is 287 g/mol. The maximum Gasteiger partial charge on any atom is 0.161 e. The number of aromatic nitrogens is 2. The topological polar surface area (TPSA) is 48.3 Å². The van der Waals surface area contributed by atoms with Gasteiger partial charge in [-0.2, -0.15) is 5.10 Å². The second-order valence-corrected chi connectivity index (χ2v) is 5.15. The van der Waals surface area contributed by atoms with E-state index in [-0.39, 0.29) is 12.1 Å². The quantitative estimate of drug-likeness (QED) is 0.915. The van der Waals surface area contributed by atoms with Crippen molar-refractivity contribution in [2.24, 2.45) is 0 Å². The molecule has 2 heterocycles. The van der Waals surface area contributed by atoms with Gasteiger partial charge in [-0.3, -0.25) is 4.68 Å². The van der Waals surface area contributed by atoms with Crippen LogP contribution in [0.2, 0.25) is 0 Å². The Morgan fingerprint density at radius 1 is 1.48 bits per heavy atom. The first-order valence-corrected chi connectivity index (χ1v) is 7.30. The molecule has 2 atom stereocenters. The molecule has 0 aliphatic carbocycles. The van der Waals surface area contributed by atoms with Crippen LogP contribution in [-0.2, 0) is 13.0 Å². The van der Waals surface area contributed by atoms with E-state index >= 15 is 0 Å². The molecule has 2 unspecified atom stereocenters. The van der Waals surface area contributed by atoms with E-state index in [2.05, 4.69) is 29.5 Å². The van der Waals surface area contributed by atoms with Crippen LogP contribution in [0.4, 0.5) is 0 Å². The molecule has 5 nitrogen and oxygen atoms in total. The van der Waals surface area contributed by atoms with Crippen LogP contribution in [0, 0.1) is 0 Å². The van der Waals surface area contributed by atoms with Gasteiger partial charge in [0.2, 0.25) is 0 Å². The number of nitrogens with one attached hydrogen (secondary N) is 1. The van der Waals surface area contributed by atoms with Gasteiger partial charge >= 0.3 is 0 Å². The standard InChI is InChI=1S/C16H21N3O2/c1-4-19-16(14(20-3)10-18-19)15(17-2)13-9-11-7-5-6-8-12(11)21-13/h5-8,10,13,15,17H,4,9H2,1-3H3. The van der Waals surface area contributed by atoms with Gasteiger partial charge in [-0.15, -0.1) is 0 Å². The number of hydrogen-bond donors (Lipinski definition) is 1. The van der Waals surface area contributed by atoms with Gasteiger partial charge in [0.05, 0.1) is 19.3 Å². The van der Waals surface area contributed by atoms with E-state index in [1.165, 1.54) is 5.56 Å². The molecular weight excluding hydrogens is 266 g/mol. The SMILES string of the molecule is CCn1ncc(OC)c1C(NC)C1Cc2ccccc2O1. The van der Waals surface area contributed by atoms with Crippen LogP contribution in [0.5, 0.6) is 11.5 Å². The van der Waals surface area contributed by atoms with Crippen molar-refractivity contribution in [1.82, 2.24) is 15.1 Å². The zero-order valence-electron chi connectivity index (χ0n) is 12.7. The summed E-state index contributed by atoms with van der Waals surface area (Å²) in [6.45, 7) is 2.88. The third kappa shape index (κ3) is 2.38. The Bertz CT molecular complexity index is 577. The predicted octanol–water partition coefficient (Wildman–Crippen LogP) is 2.18. The highest BCUT2D eigenvalue weighted by molar-refractivity contribution is 5.39. The molecule has 3 rings (SSSR count). The first-order valence-electron chi connectivity index (χ1n) is 7.30. The molecule has 1 aromatic carbocycles. The van der Waals surface area contributed by atoms with Gasteiger partial charge in [-0.05, 0) is 25.6 Å². The largest absolute Gasteiger partial charge is 0.493 e. The third-order valence-electron chi connectivity index (χ3n) is 4.01. The number of methoxy groups -OCH3 is 1. The lowest BCUT2D eigenvalue weighted by molar-refractivity contribution is 0.176. The molecule has 0 bridgehead atoms. The molecule has 1 N–H and O–H groups in total. The highest BCUT2D eigenvalue weighted by Crippen LogP contribution is 2.36. The zero-order valence-corrected chi connectivity index (χ0v) is 12.7. The smallest absolute Gasteiger partial charge is 0.161 e. The fourth-order valence-corrected chi connectivity index (χ4v) is 2.99. The molecule has 2 aromatic rings. The second kappa shape index (κ2) is 5.77. The Morgan fingerprint density at radius 3 is 2.95 bits per heavy atom. The zero-order chi connectivity index (χ0) is 14.8. The minimum atomic E-state index is 0.0369. The molecule has 21 heavy (non-hydrogen) atoms. The van der Waals surface area contributed by atoms with Crippen LogP contribution in [0.15, 0.2) is 30.5 Å². The number of rotatable bonds is 5. The van der Waals surface area contributed by atoms with Gasteiger partial charge in [0.25, 0.3) is 0 Å². The van der Waals surface area contributed by atoms with Crippen LogP contribution in [0.1, 0.15) is 24.2 Å². The van der Waals surface area contributed by atoms with Crippen molar-refractivity contribution in [3.8, 4) is 11.5 Å². The molecule has 1 aliphatic rings. The van der Waals surface area contributed by atoms with E-state index in [0.29, 0.717) is 0 Å². The summed E-state index contributed by atoms with van der Waals surface area (Å²) in [5.74, 6) is 1.78. The number of nitrogens with zero attached hydrogens (tertiary/aromatic N) is 2. The van der Waals surface area contributed by atoms with Crippen LogP contribution in [0.25, 0.3) is 0 Å². The molecular formula is C16H21N3O2. The van der Waals surface area contributed by atoms with Crippen molar-refractivity contribution >= 4 is 0 Å². The van der Waals surface area contributed by atoms with Crippen LogP contribution < -0.4 is 14.8 Å². The van der Waals surface area contributed by atoms with E-state index in [1.807, 2.05) is 23.9 Å². The van der Waals surface area contributed by atoms with Crippen molar-refractivity contribution in [3.05, 3.63) is 41.7 Å². The van der Waals surface area contributed by atoms with Crippen LogP contribution in [-0.4, -0.2) is 30.0 Å². The highest BCUT2D eigenvalue weighted by atomic mass is 16.5. The van der Waals surface area contributed by atoms with E-state index in [1.54, 1.807) is 13.3 Å². The predicted molar refractivity (Wildman–Crippen MR) is 80.8 cm³/mol. The minimum absolute atomic E-state index is 0.0369. The molecule has 1 aliphatic heterocycles. The minimum Gasteiger partial charge on any atom is -0.493 e. The summed E-state index contributed by atoms with van der Waals surface area (Å²) in [6.07, 6.45) is 2.70.